The number of rotatable bonds is 5. The molecule has 0 aliphatic carbocycles. The van der Waals surface area contributed by atoms with Crippen molar-refractivity contribution in [2.24, 2.45) is 0 Å². The Bertz CT molecular complexity index is 730. The number of fused-ring (bicyclic) bond motifs is 1. The fourth-order valence-electron chi connectivity index (χ4n) is 2.42. The van der Waals surface area contributed by atoms with Crippen molar-refractivity contribution in [2.75, 3.05) is 12.4 Å². The zero-order chi connectivity index (χ0) is 15.7. The van der Waals surface area contributed by atoms with Crippen molar-refractivity contribution in [3.63, 3.8) is 0 Å². The summed E-state index contributed by atoms with van der Waals surface area (Å²) in [6, 6.07) is 0. The highest BCUT2D eigenvalue weighted by Gasteiger charge is 2.30. The Morgan fingerprint density at radius 1 is 1.45 bits per heavy atom. The van der Waals surface area contributed by atoms with Gasteiger partial charge in [0.05, 0.1) is 12.3 Å². The van der Waals surface area contributed by atoms with Crippen LogP contribution in [0.4, 0.5) is 0 Å². The molecule has 3 heterocycles. The minimum Gasteiger partial charge on any atom is -0.393 e. The third-order valence-electron chi connectivity index (χ3n) is 3.43. The van der Waals surface area contributed by atoms with Gasteiger partial charge in [-0.25, -0.2) is 4.68 Å². The molecule has 1 aliphatic heterocycles. The van der Waals surface area contributed by atoms with Crippen LogP contribution >= 0.6 is 11.8 Å². The van der Waals surface area contributed by atoms with E-state index in [0.29, 0.717) is 23.4 Å². The van der Waals surface area contributed by atoms with E-state index in [9.17, 15) is 9.90 Å². The number of ether oxygens (including phenoxy) is 1. The number of aliphatic hydroxyl groups excluding tert-OH is 2. The van der Waals surface area contributed by atoms with Gasteiger partial charge >= 0.3 is 0 Å². The Hall–Kier alpha value is -1.49. The summed E-state index contributed by atoms with van der Waals surface area (Å²) in [7, 11) is 0. The van der Waals surface area contributed by atoms with Crippen LogP contribution in [0.25, 0.3) is 11.0 Å². The summed E-state index contributed by atoms with van der Waals surface area (Å²) in [6.45, 7) is 1.47. The quantitative estimate of drug-likeness (QED) is 0.753. The van der Waals surface area contributed by atoms with Crippen molar-refractivity contribution in [3.8, 4) is 0 Å². The Balaban J connectivity index is 2.07. The topological polar surface area (TPSA) is 115 Å². The minimum absolute atomic E-state index is 0.124. The zero-order valence-electron chi connectivity index (χ0n) is 12.0. The average Bonchev–Trinajstić information content (AvgIpc) is 3.13. The third-order valence-corrected chi connectivity index (χ3v) is 4.53. The van der Waals surface area contributed by atoms with Crippen LogP contribution in [0.15, 0.2) is 4.79 Å². The van der Waals surface area contributed by atoms with Gasteiger partial charge in [-0.1, -0.05) is 18.6 Å². The molecule has 3 rings (SSSR count). The number of hydrogen-bond donors (Lipinski definition) is 2. The van der Waals surface area contributed by atoms with Gasteiger partial charge in [-0.05, 0) is 6.42 Å². The summed E-state index contributed by atoms with van der Waals surface area (Å²) in [4.78, 5) is 12.6. The normalized spacial score (nSPS) is 21.8. The van der Waals surface area contributed by atoms with E-state index >= 15 is 0 Å². The van der Waals surface area contributed by atoms with Crippen molar-refractivity contribution in [3.05, 3.63) is 16.0 Å². The lowest BCUT2D eigenvalue weighted by molar-refractivity contribution is -0.0143. The molecule has 2 atom stereocenters. The van der Waals surface area contributed by atoms with Crippen LogP contribution in [-0.2, 0) is 17.9 Å². The second kappa shape index (κ2) is 6.32. The van der Waals surface area contributed by atoms with Crippen LogP contribution < -0.4 is 5.56 Å². The van der Waals surface area contributed by atoms with Gasteiger partial charge in [0, 0.05) is 5.75 Å². The van der Waals surface area contributed by atoms with Crippen LogP contribution in [0.3, 0.4) is 0 Å². The van der Waals surface area contributed by atoms with Gasteiger partial charge < -0.3 is 14.9 Å². The summed E-state index contributed by atoms with van der Waals surface area (Å²) in [5.41, 5.74) is 0.521. The van der Waals surface area contributed by atoms with Crippen LogP contribution in [-0.4, -0.2) is 52.8 Å². The molecule has 9 nitrogen and oxygen atoms in total. The van der Waals surface area contributed by atoms with Gasteiger partial charge in [0.15, 0.2) is 11.7 Å². The van der Waals surface area contributed by atoms with Crippen molar-refractivity contribution in [1.82, 2.24) is 24.8 Å². The average molecular weight is 327 g/mol. The number of aliphatic hydroxyl groups is 2. The minimum atomic E-state index is -0.580. The van der Waals surface area contributed by atoms with E-state index in [4.69, 9.17) is 9.84 Å². The Kier molecular flexibility index (Phi) is 4.43. The third kappa shape index (κ3) is 2.51. The fraction of sp³-hybridized carbons (Fsp3) is 0.667. The van der Waals surface area contributed by atoms with E-state index in [2.05, 4.69) is 15.4 Å². The van der Waals surface area contributed by atoms with Gasteiger partial charge in [0.25, 0.3) is 5.56 Å². The molecular weight excluding hydrogens is 310 g/mol. The smallest absolute Gasteiger partial charge is 0.298 e. The second-order valence-corrected chi connectivity index (χ2v) is 6.10. The summed E-state index contributed by atoms with van der Waals surface area (Å²) in [6.07, 6.45) is 0.926. The molecule has 0 saturated carbocycles. The highest BCUT2D eigenvalue weighted by atomic mass is 32.2. The molecule has 0 bridgehead atoms. The molecule has 1 saturated heterocycles. The predicted molar refractivity (Wildman–Crippen MR) is 79.3 cm³/mol. The molecule has 120 valence electrons. The van der Waals surface area contributed by atoms with Crippen LogP contribution in [0, 0.1) is 0 Å². The van der Waals surface area contributed by atoms with Crippen LogP contribution in [0.2, 0.25) is 0 Å². The Morgan fingerprint density at radius 2 is 2.27 bits per heavy atom. The summed E-state index contributed by atoms with van der Waals surface area (Å²) in [5, 5.41) is 30.8. The van der Waals surface area contributed by atoms with Gasteiger partial charge in [-0.3, -0.25) is 4.79 Å². The molecule has 1 aliphatic rings. The maximum absolute atomic E-state index is 12.6. The molecule has 0 radical (unpaired) electrons. The molecule has 0 aromatic carbocycles. The van der Waals surface area contributed by atoms with E-state index in [1.807, 2.05) is 6.92 Å². The highest BCUT2D eigenvalue weighted by Crippen LogP contribution is 2.30. The number of nitrogens with zero attached hydrogens (tertiary/aromatic N) is 5. The van der Waals surface area contributed by atoms with Crippen molar-refractivity contribution in [1.29, 1.82) is 0 Å². The molecule has 22 heavy (non-hydrogen) atoms. The molecule has 0 spiro atoms. The molecule has 2 unspecified atom stereocenters. The van der Waals surface area contributed by atoms with Crippen LogP contribution in [0.5, 0.6) is 0 Å². The lowest BCUT2D eigenvalue weighted by atomic mass is 10.2. The zero-order valence-corrected chi connectivity index (χ0v) is 12.9. The first-order valence-electron chi connectivity index (χ1n) is 7.03. The molecular formula is C12H17N5O4S. The van der Waals surface area contributed by atoms with E-state index < -0.39 is 18.5 Å². The summed E-state index contributed by atoms with van der Waals surface area (Å²) in [5.74, 6) is 0.500. The summed E-state index contributed by atoms with van der Waals surface area (Å²) >= 11 is 1.41. The largest absolute Gasteiger partial charge is 0.393 e. The highest BCUT2D eigenvalue weighted by molar-refractivity contribution is 8.00. The van der Waals surface area contributed by atoms with Gasteiger partial charge in [0.2, 0.25) is 0 Å². The lowest BCUT2D eigenvalue weighted by Crippen LogP contribution is -2.31. The van der Waals surface area contributed by atoms with E-state index in [-0.39, 0.29) is 17.6 Å². The SMILES string of the molecule is CCCc1nn(CO)c2c(=O)n(C3CSC(CO)O3)nnc12. The first kappa shape index (κ1) is 15.4. The predicted octanol–water partition coefficient (Wildman–Crippen LogP) is -0.529. The van der Waals surface area contributed by atoms with Gasteiger partial charge in [0.1, 0.15) is 17.7 Å². The first-order chi connectivity index (χ1) is 10.7. The lowest BCUT2D eigenvalue weighted by Gasteiger charge is -2.12. The number of aromatic nitrogens is 5. The Morgan fingerprint density at radius 3 is 2.91 bits per heavy atom. The maximum Gasteiger partial charge on any atom is 0.298 e. The number of hydrogen-bond acceptors (Lipinski definition) is 8. The molecule has 2 aromatic heterocycles. The second-order valence-electron chi connectivity index (χ2n) is 4.91. The van der Waals surface area contributed by atoms with Gasteiger partial charge in [-0.15, -0.1) is 16.9 Å². The van der Waals surface area contributed by atoms with E-state index in [1.54, 1.807) is 0 Å². The molecule has 10 heteroatoms. The molecule has 1 fully saturated rings. The standard InChI is InChI=1S/C12H17N5O4S/c1-2-3-7-10-11(16(6-19)14-7)12(20)17(15-13-10)8-5-22-9(4-18)21-8/h8-9,18-19H,2-6H2,1H3. The van der Waals surface area contributed by atoms with E-state index in [0.717, 1.165) is 11.1 Å². The van der Waals surface area contributed by atoms with Crippen LogP contribution in [0.1, 0.15) is 25.3 Å². The van der Waals surface area contributed by atoms with Crippen molar-refractivity contribution < 1.29 is 14.9 Å². The number of aryl methyl sites for hydroxylation is 1. The fourth-order valence-corrected chi connectivity index (χ4v) is 3.34. The first-order valence-corrected chi connectivity index (χ1v) is 8.08. The number of thioether (sulfide) groups is 1. The molecule has 0 amide bonds. The Labute approximate surface area is 129 Å². The van der Waals surface area contributed by atoms with Gasteiger partial charge in [-0.2, -0.15) is 9.78 Å². The monoisotopic (exact) mass is 327 g/mol. The summed E-state index contributed by atoms with van der Waals surface area (Å²) < 4.78 is 7.92. The molecule has 2 N–H and O–H groups in total. The maximum atomic E-state index is 12.6. The van der Waals surface area contributed by atoms with E-state index in [1.165, 1.54) is 16.4 Å². The molecule has 2 aromatic rings. The van der Waals surface area contributed by atoms with Crippen molar-refractivity contribution >= 4 is 22.8 Å². The van der Waals surface area contributed by atoms with Crippen molar-refractivity contribution in [2.45, 2.75) is 38.2 Å².